The van der Waals surface area contributed by atoms with Gasteiger partial charge in [0, 0.05) is 5.02 Å². The Hall–Kier alpha value is -2.08. The summed E-state index contributed by atoms with van der Waals surface area (Å²) in [6.45, 7) is 1.38. The number of urea groups is 1. The van der Waals surface area contributed by atoms with E-state index in [-0.39, 0.29) is 0 Å². The van der Waals surface area contributed by atoms with Crippen LogP contribution in [0.15, 0.2) is 24.3 Å². The third-order valence-corrected chi connectivity index (χ3v) is 3.81. The van der Waals surface area contributed by atoms with Gasteiger partial charge in [-0.15, -0.1) is 0 Å². The smallest absolute Gasteiger partial charge is 0.325 e. The maximum absolute atomic E-state index is 12.6. The molecule has 0 unspecified atom stereocenters. The Morgan fingerprint density at radius 2 is 1.95 bits per heavy atom. The highest BCUT2D eigenvalue weighted by atomic mass is 35.5. The van der Waals surface area contributed by atoms with E-state index in [2.05, 4.69) is 10.1 Å². The second kappa shape index (κ2) is 5.73. The van der Waals surface area contributed by atoms with Gasteiger partial charge in [0.15, 0.2) is 0 Å². The first-order valence-electron chi connectivity index (χ1n) is 6.41. The van der Waals surface area contributed by atoms with Crippen LogP contribution in [0.25, 0.3) is 0 Å². The lowest BCUT2D eigenvalue weighted by Crippen LogP contribution is -2.43. The molecular formula is C14H15ClN2O4. The van der Waals surface area contributed by atoms with Gasteiger partial charge in [-0.3, -0.25) is 14.5 Å². The Morgan fingerprint density at radius 3 is 2.48 bits per heavy atom. The Balaban J connectivity index is 2.37. The Morgan fingerprint density at radius 1 is 1.33 bits per heavy atom. The zero-order valence-corrected chi connectivity index (χ0v) is 12.4. The van der Waals surface area contributed by atoms with Gasteiger partial charge in [0.25, 0.3) is 5.91 Å². The van der Waals surface area contributed by atoms with E-state index in [1.807, 2.05) is 0 Å². The van der Waals surface area contributed by atoms with E-state index in [0.717, 1.165) is 4.90 Å². The van der Waals surface area contributed by atoms with Crippen molar-refractivity contribution in [2.45, 2.75) is 18.9 Å². The largest absolute Gasteiger partial charge is 0.468 e. The number of methoxy groups -OCH3 is 1. The minimum atomic E-state index is -1.17. The fourth-order valence-electron chi connectivity index (χ4n) is 2.34. The molecule has 0 radical (unpaired) electrons. The number of rotatable bonds is 4. The van der Waals surface area contributed by atoms with E-state index in [4.69, 9.17) is 11.6 Å². The standard InChI is InChI=1S/C14H15ClN2O4/c1-3-14(9-4-6-10(15)7-5-9)12(19)17(13(20)16-14)8-11(18)21-2/h4-7H,3,8H2,1-2H3,(H,16,20)/t14-/m0/s1. The number of nitrogens with one attached hydrogen (secondary N) is 1. The molecule has 3 amide bonds. The van der Waals surface area contributed by atoms with Crippen molar-refractivity contribution in [2.75, 3.05) is 13.7 Å². The molecule has 1 aromatic carbocycles. The first-order chi connectivity index (χ1) is 9.94. The van der Waals surface area contributed by atoms with Gasteiger partial charge in [0.05, 0.1) is 7.11 Å². The van der Waals surface area contributed by atoms with Gasteiger partial charge in [-0.25, -0.2) is 4.79 Å². The molecule has 1 heterocycles. The Labute approximate surface area is 127 Å². The van der Waals surface area contributed by atoms with Crippen molar-refractivity contribution in [3.63, 3.8) is 0 Å². The van der Waals surface area contributed by atoms with Crippen LogP contribution in [0.4, 0.5) is 4.79 Å². The van der Waals surface area contributed by atoms with E-state index in [9.17, 15) is 14.4 Å². The third-order valence-electron chi connectivity index (χ3n) is 3.56. The highest BCUT2D eigenvalue weighted by Crippen LogP contribution is 2.32. The molecular weight excluding hydrogens is 296 g/mol. The van der Waals surface area contributed by atoms with Crippen LogP contribution in [0.3, 0.4) is 0 Å². The highest BCUT2D eigenvalue weighted by Gasteiger charge is 2.51. The lowest BCUT2D eigenvalue weighted by Gasteiger charge is -2.25. The summed E-state index contributed by atoms with van der Waals surface area (Å²) in [4.78, 5) is 36.8. The molecule has 112 valence electrons. The number of carbonyl (C=O) groups excluding carboxylic acids is 3. The summed E-state index contributed by atoms with van der Waals surface area (Å²) < 4.78 is 4.50. The summed E-state index contributed by atoms with van der Waals surface area (Å²) in [5.41, 5.74) is -0.546. The molecule has 2 rings (SSSR count). The maximum atomic E-state index is 12.6. The molecule has 21 heavy (non-hydrogen) atoms. The lowest BCUT2D eigenvalue weighted by atomic mass is 9.87. The van der Waals surface area contributed by atoms with Crippen molar-refractivity contribution in [1.82, 2.24) is 10.2 Å². The molecule has 1 aliphatic heterocycles. The van der Waals surface area contributed by atoms with Crippen molar-refractivity contribution < 1.29 is 19.1 Å². The predicted octanol–water partition coefficient (Wildman–Crippen LogP) is 1.67. The number of hydrogen-bond acceptors (Lipinski definition) is 4. The van der Waals surface area contributed by atoms with Crippen LogP contribution < -0.4 is 5.32 Å². The second-order valence-electron chi connectivity index (χ2n) is 4.66. The monoisotopic (exact) mass is 310 g/mol. The zero-order chi connectivity index (χ0) is 15.6. The first-order valence-corrected chi connectivity index (χ1v) is 6.79. The summed E-state index contributed by atoms with van der Waals surface area (Å²) in [7, 11) is 1.20. The average Bonchev–Trinajstić information content (AvgIpc) is 2.73. The number of benzene rings is 1. The van der Waals surface area contributed by atoms with Gasteiger partial charge < -0.3 is 10.1 Å². The second-order valence-corrected chi connectivity index (χ2v) is 5.10. The van der Waals surface area contributed by atoms with Crippen molar-refractivity contribution in [1.29, 1.82) is 0 Å². The number of nitrogens with zero attached hydrogens (tertiary/aromatic N) is 1. The summed E-state index contributed by atoms with van der Waals surface area (Å²) in [5.74, 6) is -1.12. The first kappa shape index (κ1) is 15.3. The van der Waals surface area contributed by atoms with Crippen molar-refractivity contribution >= 4 is 29.5 Å². The van der Waals surface area contributed by atoms with Crippen molar-refractivity contribution in [2.24, 2.45) is 0 Å². The number of imide groups is 1. The molecule has 1 aromatic rings. The van der Waals surface area contributed by atoms with E-state index < -0.39 is 30.0 Å². The number of ether oxygens (including phenoxy) is 1. The normalized spacial score (nSPS) is 21.4. The molecule has 1 N–H and O–H groups in total. The number of esters is 1. The van der Waals surface area contributed by atoms with Gasteiger partial charge in [-0.1, -0.05) is 30.7 Å². The molecule has 0 saturated carbocycles. The van der Waals surface area contributed by atoms with Crippen molar-refractivity contribution in [3.8, 4) is 0 Å². The van der Waals surface area contributed by atoms with E-state index in [1.165, 1.54) is 7.11 Å². The summed E-state index contributed by atoms with van der Waals surface area (Å²) in [5, 5.41) is 3.20. The third kappa shape index (κ3) is 2.58. The van der Waals surface area contributed by atoms with Crippen LogP contribution in [0.1, 0.15) is 18.9 Å². The topological polar surface area (TPSA) is 75.7 Å². The zero-order valence-electron chi connectivity index (χ0n) is 11.7. The fraction of sp³-hybridized carbons (Fsp3) is 0.357. The molecule has 1 atom stereocenters. The SMILES string of the molecule is CC[C@@]1(c2ccc(Cl)cc2)NC(=O)N(CC(=O)OC)C1=O. The molecule has 1 fully saturated rings. The van der Waals surface area contributed by atoms with E-state index in [1.54, 1.807) is 31.2 Å². The molecule has 0 spiro atoms. The molecule has 6 nitrogen and oxygen atoms in total. The van der Waals surface area contributed by atoms with Gasteiger partial charge in [0.1, 0.15) is 12.1 Å². The van der Waals surface area contributed by atoms with Crippen molar-refractivity contribution in [3.05, 3.63) is 34.9 Å². The van der Waals surface area contributed by atoms with Gasteiger partial charge in [-0.05, 0) is 24.1 Å². The molecule has 1 saturated heterocycles. The fourth-order valence-corrected chi connectivity index (χ4v) is 2.46. The van der Waals surface area contributed by atoms with Gasteiger partial charge in [0.2, 0.25) is 0 Å². The Bertz CT molecular complexity index is 587. The highest BCUT2D eigenvalue weighted by molar-refractivity contribution is 6.30. The van der Waals surface area contributed by atoms with Crippen LogP contribution in [0, 0.1) is 0 Å². The number of hydrogen-bond donors (Lipinski definition) is 1. The quantitative estimate of drug-likeness (QED) is 0.678. The summed E-state index contributed by atoms with van der Waals surface area (Å²) in [6, 6.07) is 6.06. The van der Waals surface area contributed by atoms with Crippen LogP contribution in [-0.2, 0) is 19.9 Å². The van der Waals surface area contributed by atoms with Crippen LogP contribution in [0.5, 0.6) is 0 Å². The summed E-state index contributed by atoms with van der Waals surface area (Å²) >= 11 is 5.84. The molecule has 0 aromatic heterocycles. The minimum Gasteiger partial charge on any atom is -0.468 e. The number of carbonyl (C=O) groups is 3. The molecule has 1 aliphatic rings. The van der Waals surface area contributed by atoms with E-state index >= 15 is 0 Å². The molecule has 0 aliphatic carbocycles. The number of amides is 3. The molecule has 0 bridgehead atoms. The summed E-state index contributed by atoms with van der Waals surface area (Å²) in [6.07, 6.45) is 0.358. The maximum Gasteiger partial charge on any atom is 0.325 e. The van der Waals surface area contributed by atoms with Gasteiger partial charge >= 0.3 is 12.0 Å². The molecule has 7 heteroatoms. The lowest BCUT2D eigenvalue weighted by molar-refractivity contribution is -0.145. The number of halogens is 1. The van der Waals surface area contributed by atoms with Gasteiger partial charge in [-0.2, -0.15) is 0 Å². The average molecular weight is 311 g/mol. The minimum absolute atomic E-state index is 0.358. The van der Waals surface area contributed by atoms with Crippen LogP contribution in [-0.4, -0.2) is 36.5 Å². The van der Waals surface area contributed by atoms with E-state index in [0.29, 0.717) is 17.0 Å². The van der Waals surface area contributed by atoms with Crippen LogP contribution in [0.2, 0.25) is 5.02 Å². The Kier molecular flexibility index (Phi) is 4.18. The predicted molar refractivity (Wildman–Crippen MR) is 75.7 cm³/mol. The van der Waals surface area contributed by atoms with Crippen LogP contribution >= 0.6 is 11.6 Å².